The topological polar surface area (TPSA) is 40.5 Å². The monoisotopic (exact) mass is 251 g/mol. The fourth-order valence-corrected chi connectivity index (χ4v) is 2.49. The highest BCUT2D eigenvalue weighted by atomic mass is 19.1. The molecular weight excluding hydrogens is 233 g/mol. The van der Waals surface area contributed by atoms with Crippen LogP contribution >= 0.6 is 0 Å². The van der Waals surface area contributed by atoms with Crippen molar-refractivity contribution in [1.82, 2.24) is 4.90 Å². The van der Waals surface area contributed by atoms with Gasteiger partial charge in [-0.15, -0.1) is 0 Å². The molecule has 1 fully saturated rings. The second-order valence-corrected chi connectivity index (χ2v) is 4.91. The van der Waals surface area contributed by atoms with Crippen molar-refractivity contribution in [3.8, 4) is 0 Å². The van der Waals surface area contributed by atoms with Gasteiger partial charge in [0, 0.05) is 25.1 Å². The SMILES string of the molecule is O=C(O)CCC1CCN(Cc2ccccc2F)C1. The van der Waals surface area contributed by atoms with Crippen molar-refractivity contribution in [3.63, 3.8) is 0 Å². The third kappa shape index (κ3) is 3.53. The Kier molecular flexibility index (Phi) is 4.31. The second kappa shape index (κ2) is 5.96. The van der Waals surface area contributed by atoms with Crippen molar-refractivity contribution >= 4 is 5.97 Å². The molecule has 0 aliphatic carbocycles. The van der Waals surface area contributed by atoms with Crippen LogP contribution in [0, 0.1) is 11.7 Å². The predicted octanol–water partition coefficient (Wildman–Crippen LogP) is 2.51. The fourth-order valence-electron chi connectivity index (χ4n) is 2.49. The molecule has 0 radical (unpaired) electrons. The maximum absolute atomic E-state index is 13.5. The lowest BCUT2D eigenvalue weighted by atomic mass is 10.0. The maximum atomic E-state index is 13.5. The van der Waals surface area contributed by atoms with E-state index in [0.717, 1.165) is 31.5 Å². The molecule has 1 aromatic rings. The third-order valence-electron chi connectivity index (χ3n) is 3.49. The molecule has 0 spiro atoms. The number of carboxylic acids is 1. The highest BCUT2D eigenvalue weighted by Gasteiger charge is 2.23. The Labute approximate surface area is 106 Å². The van der Waals surface area contributed by atoms with E-state index in [9.17, 15) is 9.18 Å². The summed E-state index contributed by atoms with van der Waals surface area (Å²) in [5.41, 5.74) is 0.719. The van der Waals surface area contributed by atoms with Crippen molar-refractivity contribution in [1.29, 1.82) is 0 Å². The summed E-state index contributed by atoms with van der Waals surface area (Å²) >= 11 is 0. The summed E-state index contributed by atoms with van der Waals surface area (Å²) < 4.78 is 13.5. The van der Waals surface area contributed by atoms with Gasteiger partial charge in [0.05, 0.1) is 0 Å². The molecule has 1 unspecified atom stereocenters. The molecule has 0 aromatic heterocycles. The van der Waals surface area contributed by atoms with Crippen LogP contribution in [0.25, 0.3) is 0 Å². The van der Waals surface area contributed by atoms with E-state index in [4.69, 9.17) is 5.11 Å². The number of benzene rings is 1. The lowest BCUT2D eigenvalue weighted by molar-refractivity contribution is -0.137. The molecule has 2 rings (SSSR count). The first kappa shape index (κ1) is 13.0. The van der Waals surface area contributed by atoms with Crippen molar-refractivity contribution < 1.29 is 14.3 Å². The first-order valence-corrected chi connectivity index (χ1v) is 6.32. The molecule has 98 valence electrons. The molecular formula is C14H18FNO2. The summed E-state index contributed by atoms with van der Waals surface area (Å²) in [5, 5.41) is 8.65. The van der Waals surface area contributed by atoms with Crippen LogP contribution in [-0.2, 0) is 11.3 Å². The van der Waals surface area contributed by atoms with E-state index >= 15 is 0 Å². The van der Waals surface area contributed by atoms with Crippen molar-refractivity contribution in [2.45, 2.75) is 25.8 Å². The van der Waals surface area contributed by atoms with Crippen LogP contribution in [0.3, 0.4) is 0 Å². The van der Waals surface area contributed by atoms with Gasteiger partial charge in [0.25, 0.3) is 0 Å². The molecule has 18 heavy (non-hydrogen) atoms. The number of carboxylic acid groups (broad SMARTS) is 1. The van der Waals surface area contributed by atoms with Crippen LogP contribution in [0.2, 0.25) is 0 Å². The number of nitrogens with zero attached hydrogens (tertiary/aromatic N) is 1. The smallest absolute Gasteiger partial charge is 0.303 e. The van der Waals surface area contributed by atoms with Crippen LogP contribution < -0.4 is 0 Å². The van der Waals surface area contributed by atoms with Crippen LogP contribution in [0.1, 0.15) is 24.8 Å². The van der Waals surface area contributed by atoms with E-state index in [-0.39, 0.29) is 12.2 Å². The molecule has 1 aliphatic rings. The molecule has 1 heterocycles. The van der Waals surface area contributed by atoms with E-state index in [0.29, 0.717) is 12.5 Å². The summed E-state index contributed by atoms with van der Waals surface area (Å²) in [5.74, 6) is -0.457. The molecule has 0 amide bonds. The van der Waals surface area contributed by atoms with Crippen LogP contribution in [0.5, 0.6) is 0 Å². The van der Waals surface area contributed by atoms with Gasteiger partial charge in [-0.1, -0.05) is 18.2 Å². The quantitative estimate of drug-likeness (QED) is 0.874. The minimum Gasteiger partial charge on any atom is -0.481 e. The maximum Gasteiger partial charge on any atom is 0.303 e. The highest BCUT2D eigenvalue weighted by Crippen LogP contribution is 2.23. The standard InChI is InChI=1S/C14H18FNO2/c15-13-4-2-1-3-12(13)10-16-8-7-11(9-16)5-6-14(17)18/h1-4,11H,5-10H2,(H,17,18). The number of rotatable bonds is 5. The van der Waals surface area contributed by atoms with Crippen molar-refractivity contribution in [2.75, 3.05) is 13.1 Å². The molecule has 1 N–H and O–H groups in total. The molecule has 1 atom stereocenters. The van der Waals surface area contributed by atoms with E-state index in [1.807, 2.05) is 6.07 Å². The Balaban J connectivity index is 1.83. The lowest BCUT2D eigenvalue weighted by Gasteiger charge is -2.16. The van der Waals surface area contributed by atoms with Gasteiger partial charge in [-0.2, -0.15) is 0 Å². The zero-order valence-corrected chi connectivity index (χ0v) is 10.3. The van der Waals surface area contributed by atoms with Gasteiger partial charge in [0.2, 0.25) is 0 Å². The number of carbonyl (C=O) groups is 1. The molecule has 3 nitrogen and oxygen atoms in total. The number of likely N-dealkylation sites (tertiary alicyclic amines) is 1. The molecule has 0 saturated carbocycles. The zero-order valence-electron chi connectivity index (χ0n) is 10.3. The Morgan fingerprint density at radius 3 is 2.94 bits per heavy atom. The number of hydrogen-bond donors (Lipinski definition) is 1. The molecule has 1 aliphatic heterocycles. The van der Waals surface area contributed by atoms with Gasteiger partial charge < -0.3 is 5.11 Å². The van der Waals surface area contributed by atoms with Crippen LogP contribution in [0.15, 0.2) is 24.3 Å². The average molecular weight is 251 g/mol. The van der Waals surface area contributed by atoms with Gasteiger partial charge in [-0.25, -0.2) is 4.39 Å². The van der Waals surface area contributed by atoms with Gasteiger partial charge in [0.15, 0.2) is 0 Å². The lowest BCUT2D eigenvalue weighted by Crippen LogP contribution is -2.21. The number of halogens is 1. The largest absolute Gasteiger partial charge is 0.481 e. The first-order valence-electron chi connectivity index (χ1n) is 6.32. The van der Waals surface area contributed by atoms with E-state index in [2.05, 4.69) is 4.90 Å². The average Bonchev–Trinajstić information content (AvgIpc) is 2.77. The summed E-state index contributed by atoms with van der Waals surface area (Å²) in [6.07, 6.45) is 1.98. The minimum absolute atomic E-state index is 0.161. The van der Waals surface area contributed by atoms with Gasteiger partial charge in [-0.3, -0.25) is 9.69 Å². The van der Waals surface area contributed by atoms with Gasteiger partial charge >= 0.3 is 5.97 Å². The predicted molar refractivity (Wildman–Crippen MR) is 66.7 cm³/mol. The van der Waals surface area contributed by atoms with E-state index < -0.39 is 5.97 Å². The normalized spacial score (nSPS) is 20.2. The Bertz CT molecular complexity index is 422. The fraction of sp³-hybridized carbons (Fsp3) is 0.500. The van der Waals surface area contributed by atoms with Crippen LogP contribution in [-0.4, -0.2) is 29.1 Å². The molecule has 4 heteroatoms. The van der Waals surface area contributed by atoms with E-state index in [1.54, 1.807) is 12.1 Å². The Hall–Kier alpha value is -1.42. The first-order chi connectivity index (χ1) is 8.65. The Morgan fingerprint density at radius 1 is 1.44 bits per heavy atom. The molecule has 1 aromatic carbocycles. The zero-order chi connectivity index (χ0) is 13.0. The third-order valence-corrected chi connectivity index (χ3v) is 3.49. The summed E-state index contributed by atoms with van der Waals surface area (Å²) in [6.45, 7) is 2.43. The summed E-state index contributed by atoms with van der Waals surface area (Å²) in [6, 6.07) is 6.82. The second-order valence-electron chi connectivity index (χ2n) is 4.91. The highest BCUT2D eigenvalue weighted by molar-refractivity contribution is 5.66. The summed E-state index contributed by atoms with van der Waals surface area (Å²) in [7, 11) is 0. The van der Waals surface area contributed by atoms with Gasteiger partial charge in [0.1, 0.15) is 5.82 Å². The number of hydrogen-bond acceptors (Lipinski definition) is 2. The van der Waals surface area contributed by atoms with Crippen molar-refractivity contribution in [2.24, 2.45) is 5.92 Å². The van der Waals surface area contributed by atoms with Crippen LogP contribution in [0.4, 0.5) is 4.39 Å². The molecule has 1 saturated heterocycles. The van der Waals surface area contributed by atoms with Crippen molar-refractivity contribution in [3.05, 3.63) is 35.6 Å². The van der Waals surface area contributed by atoms with Gasteiger partial charge in [-0.05, 0) is 31.4 Å². The number of aliphatic carboxylic acids is 1. The molecule has 0 bridgehead atoms. The Morgan fingerprint density at radius 2 is 2.22 bits per heavy atom. The summed E-state index contributed by atoms with van der Waals surface area (Å²) in [4.78, 5) is 12.7. The van der Waals surface area contributed by atoms with E-state index in [1.165, 1.54) is 6.07 Å². The minimum atomic E-state index is -0.734.